The van der Waals surface area contributed by atoms with E-state index < -0.39 is 11.9 Å². The maximum Gasteiger partial charge on any atom is 0.337 e. The third-order valence-electron chi connectivity index (χ3n) is 5.46. The molecule has 0 aliphatic heterocycles. The summed E-state index contributed by atoms with van der Waals surface area (Å²) in [5.74, 6) is -0.264. The molecule has 0 aliphatic rings. The van der Waals surface area contributed by atoms with Crippen LogP contribution >= 0.6 is 45.2 Å². The van der Waals surface area contributed by atoms with Crippen molar-refractivity contribution in [3.8, 4) is 11.8 Å². The summed E-state index contributed by atoms with van der Waals surface area (Å²) < 4.78 is 12.5. The van der Waals surface area contributed by atoms with Crippen LogP contribution in [0.3, 0.4) is 0 Å². The summed E-state index contributed by atoms with van der Waals surface area (Å²) in [6.45, 7) is 0.423. The lowest BCUT2D eigenvalue weighted by Gasteiger charge is -2.12. The molecule has 8 heteroatoms. The van der Waals surface area contributed by atoms with Crippen LogP contribution in [-0.4, -0.2) is 19.0 Å². The fraction of sp³-hybridized carbons (Fsp3) is 0.0690. The van der Waals surface area contributed by atoms with Crippen LogP contribution in [0.1, 0.15) is 21.5 Å². The van der Waals surface area contributed by atoms with Crippen molar-refractivity contribution < 1.29 is 19.1 Å². The molecule has 1 amide bonds. The lowest BCUT2D eigenvalue weighted by molar-refractivity contribution is -0.112. The minimum Gasteiger partial charge on any atom is -0.487 e. The third-order valence-corrected chi connectivity index (χ3v) is 7.06. The van der Waals surface area contributed by atoms with Crippen molar-refractivity contribution in [2.75, 3.05) is 12.4 Å². The van der Waals surface area contributed by atoms with Gasteiger partial charge in [-0.25, -0.2) is 4.79 Å². The predicted octanol–water partition coefficient (Wildman–Crippen LogP) is 6.96. The largest absolute Gasteiger partial charge is 0.487 e. The van der Waals surface area contributed by atoms with Crippen molar-refractivity contribution in [3.05, 3.63) is 108 Å². The number of nitrogens with zero attached hydrogens (tertiary/aromatic N) is 1. The van der Waals surface area contributed by atoms with Crippen LogP contribution in [0.15, 0.2) is 84.4 Å². The molecule has 1 N–H and O–H groups in total. The molecule has 0 bridgehead atoms. The number of esters is 1. The molecule has 0 atom stereocenters. The predicted molar refractivity (Wildman–Crippen MR) is 160 cm³/mol. The Morgan fingerprint density at radius 2 is 1.62 bits per heavy atom. The number of carbonyl (C=O) groups is 2. The molecule has 4 aromatic carbocycles. The average Bonchev–Trinajstić information content (AvgIpc) is 2.91. The van der Waals surface area contributed by atoms with E-state index in [1.807, 2.05) is 30.3 Å². The topological polar surface area (TPSA) is 88.4 Å². The molecule has 0 radical (unpaired) electrons. The Morgan fingerprint density at radius 3 is 2.27 bits per heavy atom. The average molecular weight is 714 g/mol. The molecule has 6 nitrogen and oxygen atoms in total. The molecule has 37 heavy (non-hydrogen) atoms. The summed E-state index contributed by atoms with van der Waals surface area (Å²) in [5, 5.41) is 14.6. The van der Waals surface area contributed by atoms with Crippen LogP contribution in [0.2, 0.25) is 0 Å². The zero-order valence-corrected chi connectivity index (χ0v) is 23.9. The maximum absolute atomic E-state index is 12.7. The fourth-order valence-electron chi connectivity index (χ4n) is 3.61. The number of rotatable bonds is 7. The number of benzene rings is 4. The van der Waals surface area contributed by atoms with Crippen LogP contribution in [-0.2, 0) is 16.1 Å². The number of carbonyl (C=O) groups excluding carboxylic acids is 2. The van der Waals surface area contributed by atoms with E-state index in [-0.39, 0.29) is 5.57 Å². The van der Waals surface area contributed by atoms with Gasteiger partial charge < -0.3 is 14.8 Å². The zero-order chi connectivity index (χ0) is 26.4. The molecule has 184 valence electrons. The van der Waals surface area contributed by atoms with E-state index in [4.69, 9.17) is 4.74 Å². The first-order valence-electron chi connectivity index (χ1n) is 11.1. The number of ether oxygens (including phenoxy) is 2. The van der Waals surface area contributed by atoms with Crippen molar-refractivity contribution in [1.82, 2.24) is 0 Å². The van der Waals surface area contributed by atoms with Crippen LogP contribution in [0, 0.1) is 18.5 Å². The molecule has 0 heterocycles. The van der Waals surface area contributed by atoms with Crippen molar-refractivity contribution >= 4 is 79.6 Å². The second kappa shape index (κ2) is 12.2. The van der Waals surface area contributed by atoms with Crippen LogP contribution in [0.25, 0.3) is 16.8 Å². The molecular weight excluding hydrogens is 694 g/mol. The molecule has 0 fully saturated rings. The Kier molecular flexibility index (Phi) is 8.78. The van der Waals surface area contributed by atoms with E-state index in [1.54, 1.807) is 24.3 Å². The Labute approximate surface area is 241 Å². The van der Waals surface area contributed by atoms with Gasteiger partial charge in [-0.05, 0) is 116 Å². The highest BCUT2D eigenvalue weighted by Crippen LogP contribution is 2.31. The number of nitrogens with one attached hydrogen (secondary N) is 1. The highest BCUT2D eigenvalue weighted by molar-refractivity contribution is 14.1. The molecule has 0 spiro atoms. The Morgan fingerprint density at radius 1 is 0.946 bits per heavy atom. The minimum absolute atomic E-state index is 0.0477. The number of amides is 1. The number of fused-ring (bicyclic) bond motifs is 1. The SMILES string of the molecule is COC(=O)c1ccc(NC(=O)/C(C#N)=C/c2cc(I)c(OCc3ccc4ccccc4c3)c(I)c2)cc1. The lowest BCUT2D eigenvalue weighted by Crippen LogP contribution is -2.13. The molecule has 4 aromatic rings. The van der Waals surface area contributed by atoms with Gasteiger partial charge in [0.1, 0.15) is 24.0 Å². The second-order valence-electron chi connectivity index (χ2n) is 7.98. The first kappa shape index (κ1) is 26.6. The molecular formula is C29H20I2N2O4. The zero-order valence-electron chi connectivity index (χ0n) is 19.6. The van der Waals surface area contributed by atoms with Crippen molar-refractivity contribution in [2.45, 2.75) is 6.61 Å². The van der Waals surface area contributed by atoms with E-state index in [0.717, 1.165) is 23.8 Å². The number of anilines is 1. The van der Waals surface area contributed by atoms with Crippen molar-refractivity contribution in [2.24, 2.45) is 0 Å². The molecule has 0 saturated heterocycles. The molecule has 0 aliphatic carbocycles. The van der Waals surface area contributed by atoms with Crippen molar-refractivity contribution in [1.29, 1.82) is 5.26 Å². The van der Waals surface area contributed by atoms with Gasteiger partial charge in [-0.2, -0.15) is 5.26 Å². The second-order valence-corrected chi connectivity index (χ2v) is 10.3. The monoisotopic (exact) mass is 714 g/mol. The summed E-state index contributed by atoms with van der Waals surface area (Å²) in [4.78, 5) is 24.3. The number of nitriles is 1. The van der Waals surface area contributed by atoms with Crippen molar-refractivity contribution in [3.63, 3.8) is 0 Å². The van der Waals surface area contributed by atoms with Crippen LogP contribution in [0.5, 0.6) is 5.75 Å². The number of hydrogen-bond acceptors (Lipinski definition) is 5. The minimum atomic E-state index is -0.546. The highest BCUT2D eigenvalue weighted by atomic mass is 127. The standard InChI is InChI=1S/C29H20I2N2O4/c1-36-29(35)21-8-10-24(11-9-21)33-28(34)23(16-32)13-19-14-25(30)27(26(31)15-19)37-17-18-6-7-20-4-2-3-5-22(20)12-18/h2-15H,17H2,1H3,(H,33,34)/b23-13+. The van der Waals surface area contributed by atoms with Gasteiger partial charge in [0.2, 0.25) is 0 Å². The van der Waals surface area contributed by atoms with E-state index in [9.17, 15) is 14.9 Å². The Hall–Kier alpha value is -3.43. The van der Waals surface area contributed by atoms with Crippen LogP contribution in [0.4, 0.5) is 5.69 Å². The molecule has 0 unspecified atom stereocenters. The summed E-state index contributed by atoms with van der Waals surface area (Å²) >= 11 is 4.39. The molecule has 4 rings (SSSR count). The molecule has 0 saturated carbocycles. The number of halogens is 2. The Balaban J connectivity index is 1.47. The van der Waals surface area contributed by atoms with Crippen LogP contribution < -0.4 is 10.1 Å². The van der Waals surface area contributed by atoms with Gasteiger partial charge in [0.15, 0.2) is 0 Å². The normalized spacial score (nSPS) is 11.0. The summed E-state index contributed by atoms with van der Waals surface area (Å²) in [6.07, 6.45) is 1.54. The summed E-state index contributed by atoms with van der Waals surface area (Å²) in [5.41, 5.74) is 2.55. The quantitative estimate of drug-likeness (QED) is 0.0969. The van der Waals surface area contributed by atoms with Gasteiger partial charge in [-0.15, -0.1) is 0 Å². The fourth-order valence-corrected chi connectivity index (χ4v) is 5.73. The molecule has 0 aromatic heterocycles. The van der Waals surface area contributed by atoms with Gasteiger partial charge in [0.05, 0.1) is 19.8 Å². The smallest absolute Gasteiger partial charge is 0.337 e. The lowest BCUT2D eigenvalue weighted by atomic mass is 10.1. The Bertz CT molecular complexity index is 1530. The van der Waals surface area contributed by atoms with E-state index in [2.05, 4.69) is 85.6 Å². The third kappa shape index (κ3) is 6.67. The van der Waals surface area contributed by atoms with Gasteiger partial charge >= 0.3 is 5.97 Å². The van der Waals surface area contributed by atoms with Gasteiger partial charge in [0.25, 0.3) is 5.91 Å². The summed E-state index contributed by atoms with van der Waals surface area (Å²) in [7, 11) is 1.30. The van der Waals surface area contributed by atoms with E-state index in [1.165, 1.54) is 18.6 Å². The number of methoxy groups -OCH3 is 1. The maximum atomic E-state index is 12.7. The van der Waals surface area contributed by atoms with Gasteiger partial charge in [0, 0.05) is 5.69 Å². The highest BCUT2D eigenvalue weighted by Gasteiger charge is 2.14. The first-order valence-corrected chi connectivity index (χ1v) is 13.2. The van der Waals surface area contributed by atoms with Gasteiger partial charge in [-0.3, -0.25) is 4.79 Å². The first-order chi connectivity index (χ1) is 17.9. The number of hydrogen-bond donors (Lipinski definition) is 1. The van der Waals surface area contributed by atoms with E-state index in [0.29, 0.717) is 23.4 Å². The van der Waals surface area contributed by atoms with Gasteiger partial charge in [-0.1, -0.05) is 36.4 Å². The summed E-state index contributed by atoms with van der Waals surface area (Å²) in [6, 6.07) is 26.4. The van der Waals surface area contributed by atoms with E-state index >= 15 is 0 Å².